The van der Waals surface area contributed by atoms with Crippen LogP contribution in [0.2, 0.25) is 0 Å². The van der Waals surface area contributed by atoms with Crippen molar-refractivity contribution in [1.82, 2.24) is 0 Å². The molecule has 132 valence electrons. The van der Waals surface area contributed by atoms with Gasteiger partial charge in [-0.3, -0.25) is 4.79 Å². The summed E-state index contributed by atoms with van der Waals surface area (Å²) in [5.74, 6) is -0.214. The van der Waals surface area contributed by atoms with Gasteiger partial charge in [0.1, 0.15) is 0 Å². The molecule has 2 atom stereocenters. The molecule has 0 fully saturated rings. The van der Waals surface area contributed by atoms with E-state index in [0.29, 0.717) is 22.4 Å². The highest BCUT2D eigenvalue weighted by Crippen LogP contribution is 2.24. The van der Waals surface area contributed by atoms with Crippen LogP contribution < -0.4 is 15.8 Å². The highest BCUT2D eigenvalue weighted by molar-refractivity contribution is 5.92. The second kappa shape index (κ2) is 7.99. The minimum atomic E-state index is -1.21. The predicted molar refractivity (Wildman–Crippen MR) is 92.4 cm³/mol. The van der Waals surface area contributed by atoms with Gasteiger partial charge in [-0.15, -0.1) is 0 Å². The Morgan fingerprint density at radius 1 is 1.04 bits per heavy atom. The molecule has 8 heteroatoms. The smallest absolute Gasteiger partial charge is 0.221 e. The largest absolute Gasteiger partial charge is 0.595 e. The molecule has 0 spiro atoms. The van der Waals surface area contributed by atoms with E-state index in [1.807, 2.05) is 0 Å². The van der Waals surface area contributed by atoms with Gasteiger partial charge in [0, 0.05) is 23.7 Å². The van der Waals surface area contributed by atoms with Crippen molar-refractivity contribution in [2.24, 2.45) is 0 Å². The van der Waals surface area contributed by atoms with Crippen molar-refractivity contribution in [3.63, 3.8) is 0 Å². The Kier molecular flexibility index (Phi) is 5.99. The van der Waals surface area contributed by atoms with Crippen LogP contribution in [0, 0.1) is 17.3 Å². The molecule has 0 radical (unpaired) electrons. The zero-order chi connectivity index (χ0) is 18.6. The Balaban J connectivity index is 2.45. The van der Waals surface area contributed by atoms with E-state index < -0.39 is 10.5 Å². The summed E-state index contributed by atoms with van der Waals surface area (Å²) < 4.78 is 0. The summed E-state index contributed by atoms with van der Waals surface area (Å²) in [4.78, 5) is 11.3. The quantitative estimate of drug-likeness (QED) is 0.407. The molecule has 25 heavy (non-hydrogen) atoms. The number of nitrogens with one attached hydrogen (secondary N) is 3. The van der Waals surface area contributed by atoms with Gasteiger partial charge in [0.25, 0.3) is 0 Å². The topological polar surface area (TPSA) is 125 Å². The zero-order valence-electron chi connectivity index (χ0n) is 13.7. The first-order valence-corrected chi connectivity index (χ1v) is 7.45. The summed E-state index contributed by atoms with van der Waals surface area (Å²) in [6, 6.07) is 9.75. The van der Waals surface area contributed by atoms with Gasteiger partial charge in [0.05, 0.1) is 6.07 Å². The SMILES string of the molecule is CC(=O)Nc1ccccc1C=Cc1cc(C)c([NH+]([O-])O)cc1[NH+]([O-])O. The monoisotopic (exact) mass is 345 g/mol. The molecule has 0 bridgehead atoms. The van der Waals surface area contributed by atoms with Gasteiger partial charge in [-0.25, -0.2) is 10.4 Å². The maximum Gasteiger partial charge on any atom is 0.221 e. The number of carbonyl (C=O) groups is 1. The fourth-order valence-corrected chi connectivity index (χ4v) is 2.41. The molecule has 2 unspecified atom stereocenters. The fraction of sp³-hybridized carbons (Fsp3) is 0.118. The lowest BCUT2D eigenvalue weighted by Crippen LogP contribution is -3.01. The Labute approximate surface area is 144 Å². The number of quaternary nitrogens is 2. The van der Waals surface area contributed by atoms with Crippen LogP contribution in [0.1, 0.15) is 23.6 Å². The number of anilines is 1. The lowest BCUT2D eigenvalue weighted by molar-refractivity contribution is -0.996. The van der Waals surface area contributed by atoms with Crippen LogP contribution in [-0.4, -0.2) is 16.3 Å². The minimum Gasteiger partial charge on any atom is -0.595 e. The van der Waals surface area contributed by atoms with Crippen molar-refractivity contribution in [2.45, 2.75) is 13.8 Å². The average molecular weight is 345 g/mol. The van der Waals surface area contributed by atoms with Gasteiger partial charge in [-0.2, -0.15) is 10.5 Å². The number of rotatable bonds is 5. The maximum absolute atomic E-state index is 11.4. The van der Waals surface area contributed by atoms with E-state index in [1.54, 1.807) is 43.3 Å². The molecule has 0 aliphatic carbocycles. The van der Waals surface area contributed by atoms with Crippen LogP contribution >= 0.6 is 0 Å². The molecule has 0 aromatic heterocycles. The van der Waals surface area contributed by atoms with E-state index in [9.17, 15) is 20.4 Å². The Morgan fingerprint density at radius 2 is 1.64 bits per heavy atom. The molecule has 2 aromatic carbocycles. The molecule has 0 heterocycles. The van der Waals surface area contributed by atoms with E-state index in [2.05, 4.69) is 5.32 Å². The number of benzene rings is 2. The zero-order valence-corrected chi connectivity index (χ0v) is 13.7. The van der Waals surface area contributed by atoms with Crippen LogP contribution in [0.4, 0.5) is 17.1 Å². The summed E-state index contributed by atoms with van der Waals surface area (Å²) in [6.07, 6.45) is 3.26. The summed E-state index contributed by atoms with van der Waals surface area (Å²) in [5.41, 5.74) is 2.00. The number of hydrogen-bond donors (Lipinski definition) is 5. The van der Waals surface area contributed by atoms with Crippen LogP contribution in [0.5, 0.6) is 0 Å². The summed E-state index contributed by atoms with van der Waals surface area (Å²) >= 11 is 0. The highest BCUT2D eigenvalue weighted by atomic mass is 16.8. The van der Waals surface area contributed by atoms with Gasteiger partial charge in [0.2, 0.25) is 5.91 Å². The van der Waals surface area contributed by atoms with Crippen molar-refractivity contribution < 1.29 is 25.7 Å². The number of hydrogen-bond acceptors (Lipinski definition) is 5. The van der Waals surface area contributed by atoms with E-state index >= 15 is 0 Å². The van der Waals surface area contributed by atoms with Crippen LogP contribution in [0.3, 0.4) is 0 Å². The Morgan fingerprint density at radius 3 is 2.24 bits per heavy atom. The second-order valence-electron chi connectivity index (χ2n) is 5.47. The van der Waals surface area contributed by atoms with Crippen molar-refractivity contribution in [3.8, 4) is 0 Å². The standard InChI is InChI=1S/C17H19N3O5/c1-11-9-14(17(20(24)25)10-16(11)19(22)23)8-7-13-5-3-4-6-15(13)18-12(2)21/h3-10,19-20,22,24H,1-2H3,(H,18,21). The van der Waals surface area contributed by atoms with Crippen LogP contribution in [0.15, 0.2) is 36.4 Å². The molecule has 5 N–H and O–H groups in total. The van der Waals surface area contributed by atoms with Gasteiger partial charge in [-0.05, 0) is 30.7 Å². The molecule has 0 aliphatic heterocycles. The number of carbonyl (C=O) groups excluding carboxylic acids is 1. The first-order valence-electron chi connectivity index (χ1n) is 7.45. The molecule has 2 aromatic rings. The normalized spacial score (nSPS) is 13.7. The van der Waals surface area contributed by atoms with Crippen molar-refractivity contribution in [3.05, 3.63) is 63.5 Å². The lowest BCUT2D eigenvalue weighted by Gasteiger charge is -2.19. The first kappa shape index (κ1) is 18.7. The maximum atomic E-state index is 11.4. The predicted octanol–water partition coefficient (Wildman–Crippen LogP) is 0.931. The third kappa shape index (κ3) is 4.70. The molecule has 2 rings (SSSR count). The van der Waals surface area contributed by atoms with Gasteiger partial charge in [0.15, 0.2) is 11.4 Å². The van der Waals surface area contributed by atoms with E-state index in [0.717, 1.165) is 6.07 Å². The number of aryl methyl sites for hydroxylation is 1. The molecule has 0 saturated carbocycles. The minimum absolute atomic E-state index is 0.0480. The van der Waals surface area contributed by atoms with Gasteiger partial charge >= 0.3 is 0 Å². The van der Waals surface area contributed by atoms with Crippen LogP contribution in [-0.2, 0) is 4.79 Å². The first-order chi connectivity index (χ1) is 11.8. The van der Waals surface area contributed by atoms with Crippen LogP contribution in [0.25, 0.3) is 12.2 Å². The molecule has 0 aliphatic rings. The van der Waals surface area contributed by atoms with E-state index in [-0.39, 0.29) is 17.3 Å². The molecular formula is C17H19N3O5. The van der Waals surface area contributed by atoms with Gasteiger partial charge < -0.3 is 15.7 Å². The lowest BCUT2D eigenvalue weighted by atomic mass is 10.0. The highest BCUT2D eigenvalue weighted by Gasteiger charge is 2.15. The summed E-state index contributed by atoms with van der Waals surface area (Å²) in [6.45, 7) is 3.01. The second-order valence-corrected chi connectivity index (χ2v) is 5.47. The average Bonchev–Trinajstić information content (AvgIpc) is 2.52. The number of para-hydroxylation sites is 1. The summed E-state index contributed by atoms with van der Waals surface area (Å²) in [7, 11) is 0. The fourth-order valence-electron chi connectivity index (χ4n) is 2.41. The Hall–Kier alpha value is -2.59. The third-order valence-corrected chi connectivity index (χ3v) is 3.57. The molecular weight excluding hydrogens is 326 g/mol. The summed E-state index contributed by atoms with van der Waals surface area (Å²) in [5, 5.41) is 41.4. The van der Waals surface area contributed by atoms with Crippen molar-refractivity contribution in [1.29, 1.82) is 0 Å². The molecule has 8 nitrogen and oxygen atoms in total. The third-order valence-electron chi connectivity index (χ3n) is 3.57. The number of amides is 1. The van der Waals surface area contributed by atoms with E-state index in [4.69, 9.17) is 5.21 Å². The Bertz CT molecular complexity index is 803. The molecule has 0 saturated heterocycles. The van der Waals surface area contributed by atoms with Gasteiger partial charge in [-0.1, -0.05) is 24.3 Å². The van der Waals surface area contributed by atoms with Crippen molar-refractivity contribution in [2.75, 3.05) is 5.32 Å². The van der Waals surface area contributed by atoms with Crippen molar-refractivity contribution >= 4 is 35.1 Å². The van der Waals surface area contributed by atoms with E-state index in [1.165, 1.54) is 13.0 Å². The molecule has 1 amide bonds.